The number of fused-ring (bicyclic) bond motifs is 2. The molecule has 0 saturated heterocycles. The normalized spacial score (nSPS) is 12.4. The molecule has 146 valence electrons. The van der Waals surface area contributed by atoms with Crippen molar-refractivity contribution in [2.24, 2.45) is 4.99 Å². The van der Waals surface area contributed by atoms with Crippen LogP contribution in [-0.2, 0) is 6.54 Å². The highest BCUT2D eigenvalue weighted by Gasteiger charge is 2.18. The molecule has 4 rings (SSSR count). The Bertz CT molecular complexity index is 1110. The number of nitrogens with zero attached hydrogens (tertiary/aromatic N) is 1. The second-order valence-corrected chi connectivity index (χ2v) is 8.09. The lowest BCUT2D eigenvalue weighted by Gasteiger charge is -2.09. The molecule has 0 fully saturated rings. The molecular weight excluding hydrogens is 383 g/mol. The van der Waals surface area contributed by atoms with Gasteiger partial charge in [0, 0.05) is 33.2 Å². The van der Waals surface area contributed by atoms with Crippen molar-refractivity contribution in [3.05, 3.63) is 88.7 Å². The van der Waals surface area contributed by atoms with Crippen LogP contribution >= 0.6 is 11.8 Å². The Kier molecular flexibility index (Phi) is 5.49. The first-order valence-corrected chi connectivity index (χ1v) is 10.4. The Morgan fingerprint density at radius 2 is 1.79 bits per heavy atom. The second kappa shape index (κ2) is 8.21. The number of amides is 1. The third-order valence-electron chi connectivity index (χ3n) is 4.84. The highest BCUT2D eigenvalue weighted by atomic mass is 32.2. The standard InChI is InChI=1S/C24H21FN2OS/c1-3-20-19-12-15(2)4-10-22(19)29-23-11-7-17(13-21(23)27-20)24(28)26-14-16-5-8-18(25)9-6-16/h4-13H,3,14H2,1-2H3,(H,26,28). The summed E-state index contributed by atoms with van der Waals surface area (Å²) in [6, 6.07) is 18.2. The number of nitrogens with one attached hydrogen (secondary N) is 1. The third kappa shape index (κ3) is 4.25. The minimum Gasteiger partial charge on any atom is -0.348 e. The van der Waals surface area contributed by atoms with Crippen molar-refractivity contribution in [1.29, 1.82) is 0 Å². The minimum atomic E-state index is -0.288. The lowest BCUT2D eigenvalue weighted by molar-refractivity contribution is 0.0951. The number of halogens is 1. The smallest absolute Gasteiger partial charge is 0.251 e. The summed E-state index contributed by atoms with van der Waals surface area (Å²) < 4.78 is 13.0. The maximum atomic E-state index is 13.0. The summed E-state index contributed by atoms with van der Waals surface area (Å²) in [6.07, 6.45) is 0.817. The van der Waals surface area contributed by atoms with Gasteiger partial charge < -0.3 is 5.32 Å². The van der Waals surface area contributed by atoms with Crippen molar-refractivity contribution in [3.8, 4) is 0 Å². The van der Waals surface area contributed by atoms with Gasteiger partial charge in [-0.05, 0) is 61.4 Å². The molecule has 1 amide bonds. The van der Waals surface area contributed by atoms with E-state index in [1.165, 1.54) is 22.6 Å². The molecule has 0 radical (unpaired) electrons. The number of carbonyl (C=O) groups is 1. The van der Waals surface area contributed by atoms with Crippen molar-refractivity contribution in [2.75, 3.05) is 0 Å². The van der Waals surface area contributed by atoms with E-state index in [0.29, 0.717) is 12.1 Å². The van der Waals surface area contributed by atoms with Crippen LogP contribution in [0.1, 0.15) is 40.4 Å². The van der Waals surface area contributed by atoms with Gasteiger partial charge in [-0.3, -0.25) is 9.79 Å². The molecule has 0 aliphatic carbocycles. The van der Waals surface area contributed by atoms with Crippen LogP contribution in [0, 0.1) is 12.7 Å². The summed E-state index contributed by atoms with van der Waals surface area (Å²) in [4.78, 5) is 19.7. The lowest BCUT2D eigenvalue weighted by Crippen LogP contribution is -2.22. The molecule has 3 nitrogen and oxygen atoms in total. The fraction of sp³-hybridized carbons (Fsp3) is 0.167. The molecule has 0 saturated carbocycles. The number of rotatable bonds is 4. The molecule has 1 heterocycles. The molecule has 0 spiro atoms. The summed E-state index contributed by atoms with van der Waals surface area (Å²) in [7, 11) is 0. The van der Waals surface area contributed by atoms with Gasteiger partial charge in [0.2, 0.25) is 0 Å². The first kappa shape index (κ1) is 19.4. The van der Waals surface area contributed by atoms with Crippen LogP contribution in [0.2, 0.25) is 0 Å². The average Bonchev–Trinajstić information content (AvgIpc) is 2.88. The molecule has 5 heteroatoms. The Morgan fingerprint density at radius 1 is 1.03 bits per heavy atom. The van der Waals surface area contributed by atoms with Gasteiger partial charge in [0.25, 0.3) is 5.91 Å². The Morgan fingerprint density at radius 3 is 2.55 bits per heavy atom. The van der Waals surface area contributed by atoms with E-state index in [9.17, 15) is 9.18 Å². The van der Waals surface area contributed by atoms with Crippen LogP contribution in [0.25, 0.3) is 0 Å². The average molecular weight is 405 g/mol. The summed E-state index contributed by atoms with van der Waals surface area (Å²) in [5.74, 6) is -0.461. The summed E-state index contributed by atoms with van der Waals surface area (Å²) in [5.41, 5.74) is 5.62. The van der Waals surface area contributed by atoms with E-state index in [-0.39, 0.29) is 11.7 Å². The van der Waals surface area contributed by atoms with Gasteiger partial charge in [-0.25, -0.2) is 4.39 Å². The predicted molar refractivity (Wildman–Crippen MR) is 116 cm³/mol. The molecule has 3 aromatic rings. The van der Waals surface area contributed by atoms with E-state index >= 15 is 0 Å². The first-order chi connectivity index (χ1) is 14.0. The van der Waals surface area contributed by atoms with Crippen molar-refractivity contribution in [2.45, 2.75) is 36.6 Å². The zero-order valence-electron chi connectivity index (χ0n) is 16.3. The zero-order chi connectivity index (χ0) is 20.4. The van der Waals surface area contributed by atoms with Gasteiger partial charge in [0.05, 0.1) is 5.69 Å². The van der Waals surface area contributed by atoms with Crippen molar-refractivity contribution in [1.82, 2.24) is 5.32 Å². The summed E-state index contributed by atoms with van der Waals surface area (Å²) in [5, 5.41) is 2.89. The second-order valence-electron chi connectivity index (χ2n) is 7.01. The van der Waals surface area contributed by atoms with Gasteiger partial charge >= 0.3 is 0 Å². The van der Waals surface area contributed by atoms with Crippen LogP contribution in [0.3, 0.4) is 0 Å². The molecule has 0 aromatic heterocycles. The van der Waals surface area contributed by atoms with Crippen LogP contribution in [-0.4, -0.2) is 11.6 Å². The predicted octanol–water partition coefficient (Wildman–Crippen LogP) is 6.06. The number of aliphatic imine (C=N–C) groups is 1. The zero-order valence-corrected chi connectivity index (χ0v) is 17.1. The van der Waals surface area contributed by atoms with Crippen molar-refractivity contribution in [3.63, 3.8) is 0 Å². The van der Waals surface area contributed by atoms with E-state index in [0.717, 1.165) is 33.8 Å². The minimum absolute atomic E-state index is 0.173. The topological polar surface area (TPSA) is 41.5 Å². The Labute approximate surface area is 174 Å². The molecule has 0 bridgehead atoms. The van der Waals surface area contributed by atoms with Gasteiger partial charge in [-0.15, -0.1) is 0 Å². The van der Waals surface area contributed by atoms with E-state index in [1.54, 1.807) is 23.9 Å². The molecule has 3 aromatic carbocycles. The lowest BCUT2D eigenvalue weighted by atomic mass is 10.0. The fourth-order valence-electron chi connectivity index (χ4n) is 3.27. The number of benzene rings is 3. The molecule has 1 N–H and O–H groups in total. The van der Waals surface area contributed by atoms with Gasteiger partial charge in [0.15, 0.2) is 0 Å². The Balaban J connectivity index is 1.59. The quantitative estimate of drug-likeness (QED) is 0.574. The fourth-order valence-corrected chi connectivity index (χ4v) is 4.28. The largest absolute Gasteiger partial charge is 0.348 e. The number of hydrogen-bond donors (Lipinski definition) is 1. The summed E-state index contributed by atoms with van der Waals surface area (Å²) >= 11 is 1.68. The van der Waals surface area contributed by atoms with E-state index in [1.807, 2.05) is 18.2 Å². The third-order valence-corrected chi connectivity index (χ3v) is 5.98. The van der Waals surface area contributed by atoms with Gasteiger partial charge in [-0.1, -0.05) is 42.4 Å². The van der Waals surface area contributed by atoms with Crippen LogP contribution < -0.4 is 5.32 Å². The molecule has 29 heavy (non-hydrogen) atoms. The van der Waals surface area contributed by atoms with Crippen LogP contribution in [0.4, 0.5) is 10.1 Å². The number of hydrogen-bond acceptors (Lipinski definition) is 3. The SMILES string of the molecule is CCC1=Nc2cc(C(=O)NCc3ccc(F)cc3)ccc2Sc2ccc(C)cc21. The number of aryl methyl sites for hydroxylation is 1. The highest BCUT2D eigenvalue weighted by molar-refractivity contribution is 7.99. The maximum Gasteiger partial charge on any atom is 0.251 e. The van der Waals surface area contributed by atoms with Gasteiger partial charge in [-0.2, -0.15) is 0 Å². The maximum absolute atomic E-state index is 13.0. The molecular formula is C24H21FN2OS. The molecule has 0 unspecified atom stereocenters. The summed E-state index contributed by atoms with van der Waals surface area (Å²) in [6.45, 7) is 4.53. The van der Waals surface area contributed by atoms with Crippen molar-refractivity contribution >= 4 is 29.1 Å². The monoisotopic (exact) mass is 404 g/mol. The Hall–Kier alpha value is -2.92. The van der Waals surface area contributed by atoms with E-state index in [4.69, 9.17) is 4.99 Å². The molecule has 0 atom stereocenters. The van der Waals surface area contributed by atoms with Gasteiger partial charge in [0.1, 0.15) is 5.82 Å². The molecule has 1 aliphatic heterocycles. The highest BCUT2D eigenvalue weighted by Crippen LogP contribution is 2.41. The first-order valence-electron chi connectivity index (χ1n) is 9.56. The van der Waals surface area contributed by atoms with Crippen LogP contribution in [0.15, 0.2) is 75.4 Å². The number of carbonyl (C=O) groups excluding carboxylic acids is 1. The van der Waals surface area contributed by atoms with Crippen molar-refractivity contribution < 1.29 is 9.18 Å². The van der Waals surface area contributed by atoms with E-state index < -0.39 is 0 Å². The van der Waals surface area contributed by atoms with E-state index in [2.05, 4.69) is 37.4 Å². The van der Waals surface area contributed by atoms with Crippen LogP contribution in [0.5, 0.6) is 0 Å². The molecule has 1 aliphatic rings.